The topological polar surface area (TPSA) is 70.4 Å². The Labute approximate surface area is 149 Å². The summed E-state index contributed by atoms with van der Waals surface area (Å²) < 4.78 is 2.01. The molecular formula is C18H20N4O2S. The average molecular weight is 356 g/mol. The number of β-amino-alcohol motifs (C(OH)–C–C–N with tert-alkyl or cyclic N) is 1. The number of imidazole rings is 1. The van der Waals surface area contributed by atoms with Crippen LogP contribution in [-0.4, -0.2) is 39.8 Å². The van der Waals surface area contributed by atoms with Crippen molar-refractivity contribution in [2.75, 3.05) is 18.0 Å². The summed E-state index contributed by atoms with van der Waals surface area (Å²) in [6, 6.07) is 7.59. The van der Waals surface area contributed by atoms with Crippen molar-refractivity contribution in [2.45, 2.75) is 19.1 Å². The van der Waals surface area contributed by atoms with Crippen molar-refractivity contribution in [3.63, 3.8) is 0 Å². The molecule has 0 aliphatic carbocycles. The van der Waals surface area contributed by atoms with Gasteiger partial charge in [0.05, 0.1) is 17.1 Å². The number of thiophene rings is 1. The van der Waals surface area contributed by atoms with Crippen LogP contribution in [-0.2, 0) is 13.6 Å². The van der Waals surface area contributed by atoms with E-state index >= 15 is 0 Å². The minimum Gasteiger partial charge on any atom is -0.391 e. The maximum atomic E-state index is 12.4. The van der Waals surface area contributed by atoms with Crippen LogP contribution in [0.15, 0.2) is 35.0 Å². The molecule has 2 N–H and O–H groups in total. The number of fused-ring (bicyclic) bond motifs is 1. The number of hydrogen-bond donors (Lipinski definition) is 2. The number of anilines is 1. The van der Waals surface area contributed by atoms with E-state index in [-0.39, 0.29) is 12.0 Å². The van der Waals surface area contributed by atoms with Crippen molar-refractivity contribution < 1.29 is 9.90 Å². The van der Waals surface area contributed by atoms with Crippen molar-refractivity contribution in [3.05, 3.63) is 46.2 Å². The molecule has 0 saturated carbocycles. The Balaban J connectivity index is 1.56. The smallest absolute Gasteiger partial charge is 0.251 e. The third kappa shape index (κ3) is 3.12. The van der Waals surface area contributed by atoms with Gasteiger partial charge in [0, 0.05) is 32.2 Å². The zero-order valence-electron chi connectivity index (χ0n) is 14.0. The summed E-state index contributed by atoms with van der Waals surface area (Å²) >= 11 is 1.62. The third-order valence-electron chi connectivity index (χ3n) is 4.60. The van der Waals surface area contributed by atoms with E-state index in [1.165, 1.54) is 0 Å². The Bertz CT molecular complexity index is 903. The molecule has 2 aromatic heterocycles. The first-order chi connectivity index (χ1) is 12.1. The van der Waals surface area contributed by atoms with E-state index in [1.54, 1.807) is 11.3 Å². The number of aromatic nitrogens is 2. The minimum atomic E-state index is -0.293. The Morgan fingerprint density at radius 2 is 2.32 bits per heavy atom. The van der Waals surface area contributed by atoms with Crippen LogP contribution in [0.4, 0.5) is 5.95 Å². The number of benzene rings is 1. The lowest BCUT2D eigenvalue weighted by Crippen LogP contribution is -2.24. The summed E-state index contributed by atoms with van der Waals surface area (Å²) in [4.78, 5) is 19.2. The van der Waals surface area contributed by atoms with Crippen LogP contribution in [0.3, 0.4) is 0 Å². The zero-order valence-corrected chi connectivity index (χ0v) is 14.8. The lowest BCUT2D eigenvalue weighted by atomic mass is 10.2. The molecule has 0 radical (unpaired) electrons. The van der Waals surface area contributed by atoms with E-state index in [9.17, 15) is 9.90 Å². The van der Waals surface area contributed by atoms with E-state index in [2.05, 4.69) is 15.2 Å². The first kappa shape index (κ1) is 16.1. The lowest BCUT2D eigenvalue weighted by molar-refractivity contribution is 0.0951. The van der Waals surface area contributed by atoms with E-state index in [4.69, 9.17) is 0 Å². The number of rotatable bonds is 4. The number of nitrogens with zero attached hydrogens (tertiary/aromatic N) is 3. The molecule has 3 heterocycles. The number of aryl methyl sites for hydroxylation is 1. The van der Waals surface area contributed by atoms with Gasteiger partial charge >= 0.3 is 0 Å². The first-order valence-electron chi connectivity index (χ1n) is 8.30. The molecule has 1 unspecified atom stereocenters. The average Bonchev–Trinajstić information content (AvgIpc) is 3.33. The summed E-state index contributed by atoms with van der Waals surface area (Å²) in [5.74, 6) is 0.735. The molecule has 6 nitrogen and oxygen atoms in total. The van der Waals surface area contributed by atoms with Crippen LogP contribution in [0.1, 0.15) is 22.3 Å². The van der Waals surface area contributed by atoms with Crippen molar-refractivity contribution >= 4 is 34.2 Å². The zero-order chi connectivity index (χ0) is 17.4. The quantitative estimate of drug-likeness (QED) is 0.751. The fourth-order valence-corrected chi connectivity index (χ4v) is 3.88. The standard InChI is InChI=1S/C18H20N4O2S/c1-21-16-3-2-13(17(24)19-9-12-5-7-25-11-12)8-15(16)20-18(21)22-6-4-14(23)10-22/h2-3,5,7-8,11,14,23H,4,6,9-10H2,1H3,(H,19,24). The monoisotopic (exact) mass is 356 g/mol. The maximum absolute atomic E-state index is 12.4. The number of aliphatic hydroxyl groups excluding tert-OH is 1. The lowest BCUT2D eigenvalue weighted by Gasteiger charge is -2.16. The van der Waals surface area contributed by atoms with Crippen LogP contribution in [0.2, 0.25) is 0 Å². The van der Waals surface area contributed by atoms with Crippen LogP contribution in [0, 0.1) is 0 Å². The third-order valence-corrected chi connectivity index (χ3v) is 5.33. The second-order valence-electron chi connectivity index (χ2n) is 6.38. The van der Waals surface area contributed by atoms with Gasteiger partial charge < -0.3 is 19.9 Å². The van der Waals surface area contributed by atoms with Gasteiger partial charge in [0.25, 0.3) is 5.91 Å². The van der Waals surface area contributed by atoms with Gasteiger partial charge in [-0.3, -0.25) is 4.79 Å². The Morgan fingerprint density at radius 1 is 1.44 bits per heavy atom. The molecule has 7 heteroatoms. The van der Waals surface area contributed by atoms with Gasteiger partial charge in [0.1, 0.15) is 0 Å². The van der Waals surface area contributed by atoms with E-state index < -0.39 is 0 Å². The molecule has 0 spiro atoms. The number of carbonyl (C=O) groups is 1. The van der Waals surface area contributed by atoms with Crippen molar-refractivity contribution in [3.8, 4) is 0 Å². The van der Waals surface area contributed by atoms with E-state index in [0.717, 1.165) is 35.5 Å². The highest BCUT2D eigenvalue weighted by molar-refractivity contribution is 7.07. The van der Waals surface area contributed by atoms with Gasteiger partial charge in [0.2, 0.25) is 5.95 Å². The van der Waals surface area contributed by atoms with Gasteiger partial charge in [-0.15, -0.1) is 0 Å². The Morgan fingerprint density at radius 3 is 3.04 bits per heavy atom. The summed E-state index contributed by atoms with van der Waals surface area (Å²) in [6.45, 7) is 1.93. The molecule has 130 valence electrons. The molecule has 1 atom stereocenters. The molecule has 4 rings (SSSR count). The van der Waals surface area contributed by atoms with Crippen LogP contribution in [0.5, 0.6) is 0 Å². The maximum Gasteiger partial charge on any atom is 0.251 e. The van der Waals surface area contributed by atoms with Crippen molar-refractivity contribution in [1.82, 2.24) is 14.9 Å². The molecular weight excluding hydrogens is 336 g/mol. The fourth-order valence-electron chi connectivity index (χ4n) is 3.21. The minimum absolute atomic E-state index is 0.100. The summed E-state index contributed by atoms with van der Waals surface area (Å²) in [7, 11) is 1.96. The van der Waals surface area contributed by atoms with Gasteiger partial charge in [-0.2, -0.15) is 11.3 Å². The van der Waals surface area contributed by atoms with E-state index in [1.807, 2.05) is 46.6 Å². The normalized spacial score (nSPS) is 17.4. The summed E-state index contributed by atoms with van der Waals surface area (Å²) in [6.07, 6.45) is 0.470. The highest BCUT2D eigenvalue weighted by atomic mass is 32.1. The molecule has 1 amide bonds. The fraction of sp³-hybridized carbons (Fsp3) is 0.333. The molecule has 1 saturated heterocycles. The number of amides is 1. The number of hydrogen-bond acceptors (Lipinski definition) is 5. The van der Waals surface area contributed by atoms with Crippen molar-refractivity contribution in [1.29, 1.82) is 0 Å². The van der Waals surface area contributed by atoms with Crippen LogP contribution >= 0.6 is 11.3 Å². The SMILES string of the molecule is Cn1c(N2CCC(O)C2)nc2cc(C(=O)NCc3ccsc3)ccc21. The second kappa shape index (κ2) is 6.50. The van der Waals surface area contributed by atoms with E-state index in [0.29, 0.717) is 18.7 Å². The Kier molecular flexibility index (Phi) is 4.19. The highest BCUT2D eigenvalue weighted by Gasteiger charge is 2.24. The number of aliphatic hydroxyl groups is 1. The Hall–Kier alpha value is -2.38. The van der Waals surface area contributed by atoms with Crippen LogP contribution < -0.4 is 10.2 Å². The molecule has 1 aromatic carbocycles. The van der Waals surface area contributed by atoms with Crippen LogP contribution in [0.25, 0.3) is 11.0 Å². The molecule has 1 aliphatic heterocycles. The van der Waals surface area contributed by atoms with Gasteiger partial charge in [-0.25, -0.2) is 4.98 Å². The predicted octanol–water partition coefficient (Wildman–Crippen LogP) is 2.14. The molecule has 0 bridgehead atoms. The van der Waals surface area contributed by atoms with Crippen molar-refractivity contribution in [2.24, 2.45) is 7.05 Å². The molecule has 1 aliphatic rings. The molecule has 25 heavy (non-hydrogen) atoms. The second-order valence-corrected chi connectivity index (χ2v) is 7.16. The number of carbonyl (C=O) groups excluding carboxylic acids is 1. The molecule has 1 fully saturated rings. The summed E-state index contributed by atoms with van der Waals surface area (Å²) in [5, 5.41) is 16.7. The molecule has 3 aromatic rings. The predicted molar refractivity (Wildman–Crippen MR) is 99.0 cm³/mol. The van der Waals surface area contributed by atoms with Gasteiger partial charge in [-0.1, -0.05) is 0 Å². The summed E-state index contributed by atoms with van der Waals surface area (Å²) in [5.41, 5.74) is 3.48. The van der Waals surface area contributed by atoms with Gasteiger partial charge in [-0.05, 0) is 47.0 Å². The van der Waals surface area contributed by atoms with Gasteiger partial charge in [0.15, 0.2) is 0 Å². The highest BCUT2D eigenvalue weighted by Crippen LogP contribution is 2.25. The largest absolute Gasteiger partial charge is 0.391 e. The first-order valence-corrected chi connectivity index (χ1v) is 9.25. The number of nitrogens with one attached hydrogen (secondary N) is 1.